The number of Topliss-reactive ketones (excluding diaryl/α,β-unsaturated/α-hetero) is 1. The van der Waals surface area contributed by atoms with Gasteiger partial charge in [-0.05, 0) is 168 Å². The van der Waals surface area contributed by atoms with Gasteiger partial charge in [0.25, 0.3) is 0 Å². The van der Waals surface area contributed by atoms with E-state index >= 15 is 4.79 Å². The van der Waals surface area contributed by atoms with Crippen LogP contribution in [0.15, 0.2) is 166 Å². The van der Waals surface area contributed by atoms with Gasteiger partial charge < -0.3 is 61.9 Å². The van der Waals surface area contributed by atoms with Crippen molar-refractivity contribution < 1.29 is 26.7 Å². The Bertz CT molecular complexity index is 5500. The first kappa shape index (κ1) is 74.9. The normalized spacial score (nSPS) is 15.2. The SMILES string of the molecule is CN(C)CCCCc1nc(CCCCN(C)C)nc(NCCNS(=O)(=O)c2ccc3c4c(c(=C5C(=O)C(c6ccc7c(S(=O)(=O)NCCNc8nc(NCCCN(C)C)nc(NCCCN(C)C)n8)ccc8c7c6NC6(N8)c7ccccc7-c7ccccc76)=C5O)ccc24)=NC2(N3)c3ccccc3-c3ccccc32)n1. The third kappa shape index (κ3) is 14.6. The van der Waals surface area contributed by atoms with E-state index in [0.29, 0.717) is 105 Å². The van der Waals surface area contributed by atoms with Crippen LogP contribution in [-0.4, -0.2) is 199 Å². The number of aromatic nitrogens is 6. The summed E-state index contributed by atoms with van der Waals surface area (Å²) in [5.74, 6) is 2.00. The van der Waals surface area contributed by atoms with Crippen molar-refractivity contribution in [2.45, 2.75) is 72.5 Å². The lowest BCUT2D eigenvalue weighted by atomic mass is 9.79. The molecule has 15 rings (SSSR count). The molecule has 26 nitrogen and oxygen atoms in total. The van der Waals surface area contributed by atoms with Crippen LogP contribution in [0.4, 0.5) is 40.9 Å². The van der Waals surface area contributed by atoms with Gasteiger partial charge in [-0.15, -0.1) is 0 Å². The number of nitrogens with zero attached hydrogens (tertiary/aromatic N) is 11. The number of aliphatic hydroxyl groups excluding tert-OH is 1. The summed E-state index contributed by atoms with van der Waals surface area (Å²) >= 11 is 0. The van der Waals surface area contributed by atoms with Crippen LogP contribution < -0.4 is 57.2 Å². The van der Waals surface area contributed by atoms with Gasteiger partial charge in [-0.2, -0.15) is 24.9 Å². The van der Waals surface area contributed by atoms with Crippen molar-refractivity contribution in [3.8, 4) is 22.3 Å². The minimum atomic E-state index is -4.28. The summed E-state index contributed by atoms with van der Waals surface area (Å²) in [7, 11) is 7.76. The van der Waals surface area contributed by atoms with E-state index in [1.165, 1.54) is 0 Å². The molecular formula is C82H94N20O6S2. The van der Waals surface area contributed by atoms with E-state index < -0.39 is 37.2 Å². The Labute approximate surface area is 641 Å². The summed E-state index contributed by atoms with van der Waals surface area (Å²) in [6.45, 7) is 5.15. The number of hydrogen-bond acceptors (Lipinski definition) is 24. The number of aliphatic hydroxyl groups is 1. The highest BCUT2D eigenvalue weighted by Crippen LogP contribution is 2.57. The molecule has 4 heterocycles. The van der Waals surface area contributed by atoms with E-state index in [4.69, 9.17) is 19.9 Å². The van der Waals surface area contributed by atoms with Crippen LogP contribution in [0.2, 0.25) is 0 Å². The van der Waals surface area contributed by atoms with Crippen molar-refractivity contribution in [2.24, 2.45) is 4.99 Å². The van der Waals surface area contributed by atoms with E-state index in [1.54, 1.807) is 48.5 Å². The lowest BCUT2D eigenvalue weighted by Crippen LogP contribution is -2.45. The van der Waals surface area contributed by atoms with E-state index in [2.05, 4.69) is 122 Å². The van der Waals surface area contributed by atoms with Crippen LogP contribution in [0.1, 0.15) is 78.0 Å². The number of ketones is 1. The Morgan fingerprint density at radius 1 is 0.409 bits per heavy atom. The second kappa shape index (κ2) is 31.1. The van der Waals surface area contributed by atoms with E-state index in [9.17, 15) is 21.9 Å². The fourth-order valence-electron chi connectivity index (χ4n) is 15.7. The molecule has 10 aromatic rings. The largest absolute Gasteiger partial charge is 0.506 e. The van der Waals surface area contributed by atoms with Gasteiger partial charge in [0.15, 0.2) is 11.3 Å². The van der Waals surface area contributed by atoms with Gasteiger partial charge in [0.1, 0.15) is 17.4 Å². The van der Waals surface area contributed by atoms with E-state index in [-0.39, 0.29) is 64.0 Å². The average molecular weight is 1520 g/mol. The molecule has 8 aromatic carbocycles. The van der Waals surface area contributed by atoms with Gasteiger partial charge in [-0.1, -0.05) is 121 Å². The molecule has 2 aromatic heterocycles. The number of nitrogens with one attached hydrogen (secondary N) is 9. The number of anilines is 7. The molecule has 0 fully saturated rings. The molecule has 570 valence electrons. The highest BCUT2D eigenvalue weighted by molar-refractivity contribution is 7.90. The number of aryl methyl sites for hydroxylation is 2. The standard InChI is InChI=1S/C82H94N20O6S2/c1-99(2)47-19-17-31-67-89-68(32-18-20-48-100(3)4)91-77(90-67)85-43-45-87-109(105,106)65-39-37-63-69-55(65)33-35-57(73(69)97-81(95-63)59-27-13-9-23-51(59)52-24-10-14-28-60(52)81)71-75(103)72(76(71)104)58-36-34-56-66(40-38-64-70(56)74(58)98-82(96-64)61-29-15-11-25-53(61)54-26-12-16-30-62(54)82)110(107,108)88-46-44-86-80-93-78(83-41-21-49-101(5)6)92-79(94-80)84-42-22-50-102(7)8/h9-16,23-30,33-40,87-88,95-96,98,103H,17-22,31-32,41-50H2,1-8H3,(H,85,89,90,91)(H3,83,84,86,92,93,94). The molecule has 0 bridgehead atoms. The number of carbonyl (C=O) groups is 1. The Balaban J connectivity index is 0.791. The molecule has 3 aliphatic carbocycles. The number of rotatable bonds is 33. The van der Waals surface area contributed by atoms with Gasteiger partial charge in [0.05, 0.1) is 32.0 Å². The van der Waals surface area contributed by atoms with Crippen molar-refractivity contribution in [1.82, 2.24) is 58.9 Å². The van der Waals surface area contributed by atoms with Crippen molar-refractivity contribution in [3.05, 3.63) is 201 Å². The molecular weight excluding hydrogens is 1430 g/mol. The maximum atomic E-state index is 15.9. The van der Waals surface area contributed by atoms with Crippen LogP contribution >= 0.6 is 0 Å². The molecule has 2 spiro atoms. The monoisotopic (exact) mass is 1520 g/mol. The number of hydrogen-bond donors (Lipinski definition) is 10. The second-order valence-electron chi connectivity index (χ2n) is 29.7. The fraction of sp³-hybridized carbons (Fsp3) is 0.341. The van der Waals surface area contributed by atoms with Crippen molar-refractivity contribution in [1.29, 1.82) is 0 Å². The van der Waals surface area contributed by atoms with E-state index in [1.807, 2.05) is 113 Å². The molecule has 0 unspecified atom stereocenters. The topological polar surface area (TPSA) is 317 Å². The molecule has 10 N–H and O–H groups in total. The zero-order valence-corrected chi connectivity index (χ0v) is 64.9. The van der Waals surface area contributed by atoms with Gasteiger partial charge >= 0.3 is 0 Å². The molecule has 0 saturated carbocycles. The maximum absolute atomic E-state index is 15.9. The summed E-state index contributed by atoms with van der Waals surface area (Å²) in [4.78, 5) is 58.4. The quantitative estimate of drug-likeness (QED) is 0.0172. The highest BCUT2D eigenvalue weighted by Gasteiger charge is 2.50. The summed E-state index contributed by atoms with van der Waals surface area (Å²) < 4.78 is 65.4. The molecule has 2 aliphatic heterocycles. The van der Waals surface area contributed by atoms with Crippen LogP contribution in [0, 0.1) is 0 Å². The summed E-state index contributed by atoms with van der Waals surface area (Å²) in [5.41, 5.74) is 6.80. The Morgan fingerprint density at radius 2 is 0.836 bits per heavy atom. The number of carbonyl (C=O) groups excluding carboxylic acids is 1. The summed E-state index contributed by atoms with van der Waals surface area (Å²) in [6, 6.07) is 45.5. The van der Waals surface area contributed by atoms with E-state index in [0.717, 1.165) is 109 Å². The lowest BCUT2D eigenvalue weighted by molar-refractivity contribution is -0.109. The van der Waals surface area contributed by atoms with Gasteiger partial charge in [-0.25, -0.2) is 36.3 Å². The third-order valence-corrected chi connectivity index (χ3v) is 23.9. The molecule has 0 amide bonds. The minimum absolute atomic E-state index is 0.00640. The van der Waals surface area contributed by atoms with Gasteiger partial charge in [-0.3, -0.25) is 4.79 Å². The van der Waals surface area contributed by atoms with Crippen LogP contribution in [-0.2, 0) is 49.0 Å². The summed E-state index contributed by atoms with van der Waals surface area (Å²) in [5, 5.41) is 39.9. The molecule has 28 heteroatoms. The number of unbranched alkanes of at least 4 members (excludes halogenated alkanes) is 2. The Kier molecular flexibility index (Phi) is 21.2. The van der Waals surface area contributed by atoms with Crippen LogP contribution in [0.5, 0.6) is 0 Å². The van der Waals surface area contributed by atoms with Crippen molar-refractivity contribution >= 4 is 99.4 Å². The van der Waals surface area contributed by atoms with Gasteiger partial charge in [0.2, 0.25) is 49.6 Å². The van der Waals surface area contributed by atoms with Crippen LogP contribution in [0.3, 0.4) is 0 Å². The number of fused-ring (bicyclic) bond motifs is 10. The predicted octanol–water partition coefficient (Wildman–Crippen LogP) is 8.99. The molecule has 0 saturated heterocycles. The van der Waals surface area contributed by atoms with Crippen molar-refractivity contribution in [2.75, 3.05) is 159 Å². The number of sulfonamides is 2. The average Bonchev–Trinajstić information content (AvgIpc) is 1.33. The molecule has 110 heavy (non-hydrogen) atoms. The first-order valence-corrected chi connectivity index (χ1v) is 40.6. The van der Waals surface area contributed by atoms with Crippen LogP contribution in [0.25, 0.3) is 54.9 Å². The molecule has 0 radical (unpaired) electrons. The predicted molar refractivity (Wildman–Crippen MR) is 436 cm³/mol. The Morgan fingerprint density at radius 3 is 1.33 bits per heavy atom. The zero-order valence-electron chi connectivity index (χ0n) is 63.3. The zero-order chi connectivity index (χ0) is 76.6. The third-order valence-electron chi connectivity index (χ3n) is 20.8. The number of allylic oxidation sites excluding steroid dienone is 2. The maximum Gasteiger partial charge on any atom is 0.241 e. The molecule has 0 atom stereocenters. The first-order valence-electron chi connectivity index (χ1n) is 37.7. The van der Waals surface area contributed by atoms with Gasteiger partial charge in [0, 0.05) is 118 Å². The smallest absolute Gasteiger partial charge is 0.241 e. The highest BCUT2D eigenvalue weighted by atomic mass is 32.2. The fourth-order valence-corrected chi connectivity index (χ4v) is 18.2. The Hall–Kier alpha value is -10.6. The lowest BCUT2D eigenvalue weighted by Gasteiger charge is -2.42. The summed E-state index contributed by atoms with van der Waals surface area (Å²) in [6.07, 6.45) is 6.89. The van der Waals surface area contributed by atoms with Crippen molar-refractivity contribution in [3.63, 3.8) is 0 Å². The first-order chi connectivity index (χ1) is 53.1. The molecule has 5 aliphatic rings. The minimum Gasteiger partial charge on any atom is -0.506 e. The second-order valence-corrected chi connectivity index (χ2v) is 33.2. The number of benzene rings is 8.